The molecule has 0 aliphatic heterocycles. The van der Waals surface area contributed by atoms with Crippen LogP contribution in [0.5, 0.6) is 0 Å². The van der Waals surface area contributed by atoms with Gasteiger partial charge in [0.25, 0.3) is 0 Å². The van der Waals surface area contributed by atoms with Gasteiger partial charge in [-0.1, -0.05) is 69.8 Å². The van der Waals surface area contributed by atoms with Gasteiger partial charge in [0.05, 0.1) is 14.4 Å². The average Bonchev–Trinajstić information content (AvgIpc) is 2.44. The molecule has 0 fully saturated rings. The average molecular weight is 417 g/mol. The monoisotopic (exact) mass is 414 g/mol. The van der Waals surface area contributed by atoms with Gasteiger partial charge in [0.15, 0.2) is 0 Å². The molecule has 0 unspecified atom stereocenters. The number of benzene rings is 1. The van der Waals surface area contributed by atoms with Crippen LogP contribution in [0.15, 0.2) is 57.3 Å². The van der Waals surface area contributed by atoms with Gasteiger partial charge in [-0.15, -0.1) is 0 Å². The smallest absolute Gasteiger partial charge is 0.336 e. The summed E-state index contributed by atoms with van der Waals surface area (Å²) < 4.78 is 5.19. The molecule has 0 spiro atoms. The lowest BCUT2D eigenvalue weighted by Crippen LogP contribution is -1.97. The molecular formula is C14H7Cl5O2S. The summed E-state index contributed by atoms with van der Waals surface area (Å²) in [5, 5.41) is 0.849. The van der Waals surface area contributed by atoms with Crippen LogP contribution in [0.25, 0.3) is 11.0 Å². The Hall–Kier alpha value is -0.290. The van der Waals surface area contributed by atoms with Gasteiger partial charge in [0.1, 0.15) is 10.1 Å². The minimum absolute atomic E-state index is 0.0364. The number of aryl methyl sites for hydroxylation is 1. The Morgan fingerprint density at radius 2 is 1.73 bits per heavy atom. The van der Waals surface area contributed by atoms with Gasteiger partial charge in [0.2, 0.25) is 0 Å². The van der Waals surface area contributed by atoms with Gasteiger partial charge in [-0.25, -0.2) is 4.79 Å². The molecule has 116 valence electrons. The second kappa shape index (κ2) is 7.52. The number of hydrogen-bond donors (Lipinski definition) is 0. The largest absolute Gasteiger partial charge is 0.423 e. The third-order valence-electron chi connectivity index (χ3n) is 2.66. The molecule has 0 saturated carbocycles. The van der Waals surface area contributed by atoms with Crippen LogP contribution < -0.4 is 5.63 Å². The minimum Gasteiger partial charge on any atom is -0.423 e. The van der Waals surface area contributed by atoms with Crippen molar-refractivity contribution in [3.63, 3.8) is 0 Å². The summed E-state index contributed by atoms with van der Waals surface area (Å²) in [5.74, 6) is 0. The predicted octanol–water partition coefficient (Wildman–Crippen LogP) is 6.73. The lowest BCUT2D eigenvalue weighted by atomic mass is 10.1. The van der Waals surface area contributed by atoms with Crippen molar-refractivity contribution in [3.05, 3.63) is 59.2 Å². The molecule has 8 heteroatoms. The van der Waals surface area contributed by atoms with Crippen molar-refractivity contribution < 1.29 is 4.42 Å². The molecule has 2 rings (SSSR count). The normalized spacial score (nSPS) is 12.3. The SMILES string of the molecule is Cc1cc(=O)oc2cc(SC(Cl)=C(Cl)C(Cl)=C(Cl)Cl)ccc12. The van der Waals surface area contributed by atoms with Gasteiger partial charge in [0, 0.05) is 16.3 Å². The number of allylic oxidation sites excluding steroid dienone is 2. The number of halogens is 5. The summed E-state index contributed by atoms with van der Waals surface area (Å²) in [7, 11) is 0. The third kappa shape index (κ3) is 4.16. The van der Waals surface area contributed by atoms with Crippen molar-refractivity contribution >= 4 is 80.7 Å². The summed E-state index contributed by atoms with van der Waals surface area (Å²) in [6.45, 7) is 1.84. The van der Waals surface area contributed by atoms with Crippen LogP contribution in [-0.2, 0) is 0 Å². The van der Waals surface area contributed by atoms with Crippen molar-refractivity contribution in [2.24, 2.45) is 0 Å². The first-order valence-corrected chi connectivity index (χ1v) is 8.49. The highest BCUT2D eigenvalue weighted by atomic mass is 35.5. The maximum atomic E-state index is 11.4. The number of hydrogen-bond acceptors (Lipinski definition) is 3. The Bertz CT molecular complexity index is 850. The van der Waals surface area contributed by atoms with E-state index >= 15 is 0 Å². The first kappa shape index (κ1) is 18.1. The van der Waals surface area contributed by atoms with E-state index in [0.717, 1.165) is 27.6 Å². The first-order chi connectivity index (χ1) is 10.3. The summed E-state index contributed by atoms with van der Waals surface area (Å²) in [6, 6.07) is 6.79. The van der Waals surface area contributed by atoms with E-state index < -0.39 is 5.63 Å². The Labute approximate surface area is 155 Å². The van der Waals surface area contributed by atoms with Crippen molar-refractivity contribution in [2.75, 3.05) is 0 Å². The molecule has 0 bridgehead atoms. The number of fused-ring (bicyclic) bond motifs is 1. The van der Waals surface area contributed by atoms with Gasteiger partial charge in [-0.2, -0.15) is 0 Å². The van der Waals surface area contributed by atoms with E-state index in [2.05, 4.69) is 0 Å². The molecule has 0 aliphatic rings. The van der Waals surface area contributed by atoms with Crippen LogP contribution in [-0.4, -0.2) is 0 Å². The predicted molar refractivity (Wildman–Crippen MR) is 96.4 cm³/mol. The zero-order valence-corrected chi connectivity index (χ0v) is 15.5. The fourth-order valence-corrected chi connectivity index (χ4v) is 3.44. The van der Waals surface area contributed by atoms with Crippen molar-refractivity contribution in [1.82, 2.24) is 0 Å². The van der Waals surface area contributed by atoms with Gasteiger partial charge < -0.3 is 4.42 Å². The maximum absolute atomic E-state index is 11.4. The fraction of sp³-hybridized carbons (Fsp3) is 0.0714. The maximum Gasteiger partial charge on any atom is 0.336 e. The molecule has 22 heavy (non-hydrogen) atoms. The van der Waals surface area contributed by atoms with Crippen molar-refractivity contribution in [1.29, 1.82) is 0 Å². The molecule has 0 radical (unpaired) electrons. The van der Waals surface area contributed by atoms with Crippen LogP contribution in [0.1, 0.15) is 5.56 Å². The zero-order chi connectivity index (χ0) is 16.4. The zero-order valence-electron chi connectivity index (χ0n) is 10.9. The van der Waals surface area contributed by atoms with Crippen molar-refractivity contribution in [3.8, 4) is 0 Å². The van der Waals surface area contributed by atoms with Gasteiger partial charge in [-0.3, -0.25) is 0 Å². The summed E-state index contributed by atoms with van der Waals surface area (Å²) in [4.78, 5) is 12.1. The van der Waals surface area contributed by atoms with Crippen molar-refractivity contribution in [2.45, 2.75) is 11.8 Å². The summed E-state index contributed by atoms with van der Waals surface area (Å²) >= 11 is 30.2. The van der Waals surface area contributed by atoms with Crippen LogP contribution in [0.2, 0.25) is 0 Å². The molecule has 0 saturated heterocycles. The second-order valence-corrected chi connectivity index (χ2v) is 7.56. The highest BCUT2D eigenvalue weighted by Crippen LogP contribution is 2.39. The van der Waals surface area contributed by atoms with Crippen LogP contribution in [0.4, 0.5) is 0 Å². The minimum atomic E-state index is -0.410. The van der Waals surface area contributed by atoms with E-state index in [0.29, 0.717) is 5.58 Å². The van der Waals surface area contributed by atoms with E-state index in [1.54, 1.807) is 6.07 Å². The van der Waals surface area contributed by atoms with Gasteiger partial charge >= 0.3 is 5.63 Å². The molecule has 1 aromatic heterocycles. The molecule has 2 nitrogen and oxygen atoms in total. The van der Waals surface area contributed by atoms with Crippen LogP contribution in [0, 0.1) is 6.92 Å². The fourth-order valence-electron chi connectivity index (χ4n) is 1.69. The standard InChI is InChI=1S/C14H7Cl5O2S/c1-6-4-10(20)21-9-5-7(2-3-8(6)9)22-14(19)12(16)11(15)13(17)18/h2-5H,1H3. The molecule has 1 aromatic carbocycles. The summed E-state index contributed by atoms with van der Waals surface area (Å²) in [6.07, 6.45) is 0. The second-order valence-electron chi connectivity index (χ2n) is 4.17. The molecule has 0 atom stereocenters. The first-order valence-electron chi connectivity index (χ1n) is 5.78. The van der Waals surface area contributed by atoms with E-state index in [1.807, 2.05) is 19.1 Å². The molecule has 2 aromatic rings. The molecule has 0 aliphatic carbocycles. The van der Waals surface area contributed by atoms with Crippen LogP contribution in [0.3, 0.4) is 0 Å². The molecule has 0 N–H and O–H groups in total. The highest BCUT2D eigenvalue weighted by molar-refractivity contribution is 8.04. The van der Waals surface area contributed by atoms with E-state index in [9.17, 15) is 4.79 Å². The molecule has 0 amide bonds. The van der Waals surface area contributed by atoms with Gasteiger partial charge in [-0.05, 0) is 30.7 Å². The number of rotatable bonds is 3. The molecule has 1 heterocycles. The molecular weight excluding hydrogens is 409 g/mol. The quantitative estimate of drug-likeness (QED) is 0.316. The summed E-state index contributed by atoms with van der Waals surface area (Å²) in [5.41, 5.74) is 0.890. The topological polar surface area (TPSA) is 30.2 Å². The lowest BCUT2D eigenvalue weighted by molar-refractivity contribution is 0.559. The Balaban J connectivity index is 2.43. The van der Waals surface area contributed by atoms with E-state index in [1.165, 1.54) is 6.07 Å². The Morgan fingerprint density at radius 1 is 1.05 bits per heavy atom. The van der Waals surface area contributed by atoms with E-state index in [-0.39, 0.29) is 18.9 Å². The number of thioether (sulfide) groups is 1. The van der Waals surface area contributed by atoms with Crippen LogP contribution >= 0.6 is 69.8 Å². The van der Waals surface area contributed by atoms with E-state index in [4.69, 9.17) is 62.4 Å². The Morgan fingerprint density at radius 3 is 2.36 bits per heavy atom. The third-order valence-corrected chi connectivity index (χ3v) is 5.59. The Kier molecular flexibility index (Phi) is 6.17. The highest BCUT2D eigenvalue weighted by Gasteiger charge is 2.12. The lowest BCUT2D eigenvalue weighted by Gasteiger charge is -2.05.